The van der Waals surface area contributed by atoms with E-state index in [1.165, 1.54) is 5.56 Å². The van der Waals surface area contributed by atoms with Gasteiger partial charge in [0.1, 0.15) is 17.4 Å². The Kier molecular flexibility index (Phi) is 4.78. The molecular formula is C24H28FN3O. The fourth-order valence-corrected chi connectivity index (χ4v) is 5.20. The van der Waals surface area contributed by atoms with Crippen LogP contribution in [0.4, 0.5) is 4.39 Å². The zero-order chi connectivity index (χ0) is 20.0. The van der Waals surface area contributed by atoms with Crippen LogP contribution < -0.4 is 4.74 Å². The summed E-state index contributed by atoms with van der Waals surface area (Å²) in [5, 5.41) is 0. The molecule has 3 heterocycles. The van der Waals surface area contributed by atoms with Crippen LogP contribution in [-0.4, -0.2) is 34.7 Å². The second-order valence-electron chi connectivity index (χ2n) is 8.51. The quantitative estimate of drug-likeness (QED) is 0.620. The number of aromatic nitrogens is 2. The third-order valence-corrected chi connectivity index (χ3v) is 6.71. The van der Waals surface area contributed by atoms with E-state index in [1.807, 2.05) is 6.07 Å². The summed E-state index contributed by atoms with van der Waals surface area (Å²) in [6, 6.07) is 12.1. The van der Waals surface area contributed by atoms with Crippen molar-refractivity contribution in [1.82, 2.24) is 14.5 Å². The summed E-state index contributed by atoms with van der Waals surface area (Å²) in [5.74, 6) is 2.45. The number of ether oxygens (including phenoxy) is 1. The minimum absolute atomic E-state index is 0.170. The predicted octanol–water partition coefficient (Wildman–Crippen LogP) is 5.07. The first kappa shape index (κ1) is 18.6. The number of hydrogen-bond donors (Lipinski definition) is 0. The lowest BCUT2D eigenvalue weighted by Gasteiger charge is -2.33. The topological polar surface area (TPSA) is 30.3 Å². The highest BCUT2D eigenvalue weighted by Crippen LogP contribution is 2.36. The Balaban J connectivity index is 1.36. The monoisotopic (exact) mass is 393 g/mol. The molecule has 3 aromatic rings. The van der Waals surface area contributed by atoms with Crippen LogP contribution in [0.3, 0.4) is 0 Å². The first-order valence-corrected chi connectivity index (χ1v) is 10.7. The molecule has 5 rings (SSSR count). The molecule has 152 valence electrons. The van der Waals surface area contributed by atoms with E-state index in [9.17, 15) is 4.39 Å². The molecule has 0 N–H and O–H groups in total. The summed E-state index contributed by atoms with van der Waals surface area (Å²) in [6.07, 6.45) is 4.22. The highest BCUT2D eigenvalue weighted by molar-refractivity contribution is 5.80. The first-order chi connectivity index (χ1) is 14.1. The van der Waals surface area contributed by atoms with Gasteiger partial charge in [-0.15, -0.1) is 0 Å². The van der Waals surface area contributed by atoms with Gasteiger partial charge in [-0.05, 0) is 74.9 Å². The van der Waals surface area contributed by atoms with Crippen molar-refractivity contribution in [2.45, 2.75) is 51.1 Å². The molecule has 0 saturated carbocycles. The standard InChI is InChI=1S/C24H28FN3O/c1-16-7-8-18-13-19(25)14-21-24(18)28(16)23(26-21)15-27-11-9-17(10-12-27)20-5-3-4-6-22(20)29-2/h3-6,13-14,16-17H,7-12,15H2,1-2H3. The van der Waals surface area contributed by atoms with E-state index < -0.39 is 0 Å². The summed E-state index contributed by atoms with van der Waals surface area (Å²) in [6.45, 7) is 5.17. The molecule has 1 atom stereocenters. The number of aryl methyl sites for hydroxylation is 1. The Morgan fingerprint density at radius 1 is 1.14 bits per heavy atom. The van der Waals surface area contributed by atoms with Crippen LogP contribution in [0.15, 0.2) is 36.4 Å². The Bertz CT molecular complexity index is 1040. The van der Waals surface area contributed by atoms with Gasteiger partial charge in [0.15, 0.2) is 0 Å². The van der Waals surface area contributed by atoms with Gasteiger partial charge in [-0.3, -0.25) is 4.90 Å². The molecular weight excluding hydrogens is 365 g/mol. The van der Waals surface area contributed by atoms with Gasteiger partial charge in [0, 0.05) is 12.1 Å². The van der Waals surface area contributed by atoms with E-state index in [2.05, 4.69) is 34.6 Å². The molecule has 2 aliphatic rings. The number of methoxy groups -OCH3 is 1. The normalized spacial score (nSPS) is 20.3. The molecule has 0 aliphatic carbocycles. The summed E-state index contributed by atoms with van der Waals surface area (Å²) in [4.78, 5) is 7.35. The van der Waals surface area contributed by atoms with Gasteiger partial charge in [0.25, 0.3) is 0 Å². The fraction of sp³-hybridized carbons (Fsp3) is 0.458. The largest absolute Gasteiger partial charge is 0.496 e. The molecule has 0 amide bonds. The second kappa shape index (κ2) is 7.45. The minimum Gasteiger partial charge on any atom is -0.496 e. The number of nitrogens with zero attached hydrogens (tertiary/aromatic N) is 3. The van der Waals surface area contributed by atoms with Crippen LogP contribution >= 0.6 is 0 Å². The van der Waals surface area contributed by atoms with Gasteiger partial charge in [0.2, 0.25) is 0 Å². The van der Waals surface area contributed by atoms with Crippen molar-refractivity contribution < 1.29 is 9.13 Å². The van der Waals surface area contributed by atoms with Crippen molar-refractivity contribution >= 4 is 11.0 Å². The van der Waals surface area contributed by atoms with Crippen LogP contribution in [0.1, 0.15) is 55.1 Å². The maximum Gasteiger partial charge on any atom is 0.125 e. The lowest BCUT2D eigenvalue weighted by atomic mass is 9.89. The molecule has 0 bridgehead atoms. The van der Waals surface area contributed by atoms with Crippen LogP contribution in [0, 0.1) is 5.82 Å². The van der Waals surface area contributed by atoms with Crippen molar-refractivity contribution in [3.63, 3.8) is 0 Å². The molecule has 5 heteroatoms. The predicted molar refractivity (Wildman–Crippen MR) is 113 cm³/mol. The van der Waals surface area contributed by atoms with Gasteiger partial charge < -0.3 is 9.30 Å². The van der Waals surface area contributed by atoms with E-state index in [1.54, 1.807) is 19.2 Å². The fourth-order valence-electron chi connectivity index (χ4n) is 5.20. The van der Waals surface area contributed by atoms with Gasteiger partial charge in [-0.2, -0.15) is 0 Å². The number of imidazole rings is 1. The third-order valence-electron chi connectivity index (χ3n) is 6.71. The highest BCUT2D eigenvalue weighted by Gasteiger charge is 2.27. The van der Waals surface area contributed by atoms with Crippen molar-refractivity contribution in [3.8, 4) is 5.75 Å². The Labute approximate surface area is 171 Å². The van der Waals surface area contributed by atoms with E-state index in [-0.39, 0.29) is 5.82 Å². The number of benzene rings is 2. The first-order valence-electron chi connectivity index (χ1n) is 10.7. The zero-order valence-corrected chi connectivity index (χ0v) is 17.2. The lowest BCUT2D eigenvalue weighted by Crippen LogP contribution is -2.34. The van der Waals surface area contributed by atoms with Gasteiger partial charge in [0.05, 0.1) is 24.7 Å². The maximum atomic E-state index is 14.0. The summed E-state index contributed by atoms with van der Waals surface area (Å²) < 4.78 is 21.9. The molecule has 0 spiro atoms. The smallest absolute Gasteiger partial charge is 0.125 e. The number of piperidine rings is 1. The van der Waals surface area contributed by atoms with Crippen molar-refractivity contribution in [1.29, 1.82) is 0 Å². The molecule has 4 nitrogen and oxygen atoms in total. The number of likely N-dealkylation sites (tertiary alicyclic amines) is 1. The number of rotatable bonds is 4. The summed E-state index contributed by atoms with van der Waals surface area (Å²) in [7, 11) is 1.75. The van der Waals surface area contributed by atoms with Gasteiger partial charge in [-0.1, -0.05) is 18.2 Å². The van der Waals surface area contributed by atoms with Crippen molar-refractivity contribution in [2.24, 2.45) is 0 Å². The van der Waals surface area contributed by atoms with Crippen molar-refractivity contribution in [3.05, 3.63) is 59.2 Å². The molecule has 1 aromatic heterocycles. The molecule has 2 aromatic carbocycles. The molecule has 1 fully saturated rings. The Morgan fingerprint density at radius 2 is 1.93 bits per heavy atom. The van der Waals surface area contributed by atoms with E-state index >= 15 is 0 Å². The minimum atomic E-state index is -0.170. The van der Waals surface area contributed by atoms with Crippen LogP contribution in [0.5, 0.6) is 5.75 Å². The summed E-state index contributed by atoms with van der Waals surface area (Å²) >= 11 is 0. The molecule has 2 aliphatic heterocycles. The Morgan fingerprint density at radius 3 is 2.72 bits per heavy atom. The van der Waals surface area contributed by atoms with E-state index in [0.29, 0.717) is 12.0 Å². The van der Waals surface area contributed by atoms with Crippen LogP contribution in [0.2, 0.25) is 0 Å². The Hall–Kier alpha value is -2.40. The van der Waals surface area contributed by atoms with Crippen molar-refractivity contribution in [2.75, 3.05) is 20.2 Å². The number of halogens is 1. The maximum absolute atomic E-state index is 14.0. The van der Waals surface area contributed by atoms with Crippen LogP contribution in [-0.2, 0) is 13.0 Å². The average molecular weight is 394 g/mol. The van der Waals surface area contributed by atoms with E-state index in [4.69, 9.17) is 9.72 Å². The zero-order valence-electron chi connectivity index (χ0n) is 17.2. The average Bonchev–Trinajstić information content (AvgIpc) is 3.10. The lowest BCUT2D eigenvalue weighted by molar-refractivity contribution is 0.195. The summed E-state index contributed by atoms with van der Waals surface area (Å²) in [5.41, 5.74) is 4.38. The molecule has 1 unspecified atom stereocenters. The van der Waals surface area contributed by atoms with Gasteiger partial charge >= 0.3 is 0 Å². The number of para-hydroxylation sites is 1. The number of hydrogen-bond acceptors (Lipinski definition) is 3. The van der Waals surface area contributed by atoms with Crippen LogP contribution in [0.25, 0.3) is 11.0 Å². The third kappa shape index (κ3) is 3.31. The molecule has 29 heavy (non-hydrogen) atoms. The molecule has 0 radical (unpaired) electrons. The molecule has 1 saturated heterocycles. The van der Waals surface area contributed by atoms with E-state index in [0.717, 1.165) is 73.5 Å². The highest BCUT2D eigenvalue weighted by atomic mass is 19.1. The SMILES string of the molecule is COc1ccccc1C1CCN(Cc2nc3cc(F)cc4c3n2C(C)CC4)CC1. The van der Waals surface area contributed by atoms with Gasteiger partial charge in [-0.25, -0.2) is 9.37 Å². The second-order valence-corrected chi connectivity index (χ2v) is 8.51.